The lowest BCUT2D eigenvalue weighted by molar-refractivity contribution is -0.890. The highest BCUT2D eigenvalue weighted by Gasteiger charge is 2.22. The summed E-state index contributed by atoms with van der Waals surface area (Å²) in [6.45, 7) is 2.95. The molecule has 3 rings (SSSR count). The van der Waals surface area contributed by atoms with Crippen molar-refractivity contribution in [3.63, 3.8) is 0 Å². The van der Waals surface area contributed by atoms with Crippen LogP contribution in [0.25, 0.3) is 0 Å². The van der Waals surface area contributed by atoms with Gasteiger partial charge in [0.2, 0.25) is 0 Å². The van der Waals surface area contributed by atoms with Crippen LogP contribution < -0.4 is 10.2 Å². The minimum absolute atomic E-state index is 0.0734. The molecule has 0 spiro atoms. The van der Waals surface area contributed by atoms with Crippen molar-refractivity contribution in [3.8, 4) is 0 Å². The molecule has 1 aliphatic carbocycles. The van der Waals surface area contributed by atoms with Crippen LogP contribution in [0.2, 0.25) is 0 Å². The Morgan fingerprint density at radius 3 is 2.79 bits per heavy atom. The summed E-state index contributed by atoms with van der Waals surface area (Å²) in [7, 11) is 4.27. The van der Waals surface area contributed by atoms with Crippen LogP contribution in [0.4, 0.5) is 0 Å². The molecule has 0 bridgehead atoms. The van der Waals surface area contributed by atoms with E-state index >= 15 is 0 Å². The Morgan fingerprint density at radius 1 is 1.33 bits per heavy atom. The maximum Gasteiger partial charge on any atom is 0.261 e. The Morgan fingerprint density at radius 2 is 2.08 bits per heavy atom. The normalized spacial score (nSPS) is 18.2. The zero-order chi connectivity index (χ0) is 17.1. The predicted octanol–water partition coefficient (Wildman–Crippen LogP) is 2.49. The van der Waals surface area contributed by atoms with Gasteiger partial charge in [-0.05, 0) is 36.8 Å². The Kier molecular flexibility index (Phi) is 5.36. The van der Waals surface area contributed by atoms with Gasteiger partial charge in [-0.15, -0.1) is 11.3 Å². The summed E-state index contributed by atoms with van der Waals surface area (Å²) >= 11 is 1.68. The fourth-order valence-electron chi connectivity index (χ4n) is 3.44. The minimum Gasteiger partial charge on any atom is -0.345 e. The molecule has 3 nitrogen and oxygen atoms in total. The molecule has 2 atom stereocenters. The van der Waals surface area contributed by atoms with Gasteiger partial charge in [0, 0.05) is 10.4 Å². The molecule has 1 aliphatic rings. The highest BCUT2D eigenvalue weighted by atomic mass is 32.1. The van der Waals surface area contributed by atoms with Gasteiger partial charge in [-0.2, -0.15) is 0 Å². The molecule has 0 saturated heterocycles. The van der Waals surface area contributed by atoms with Crippen molar-refractivity contribution in [1.29, 1.82) is 0 Å². The van der Waals surface area contributed by atoms with Crippen LogP contribution in [0, 0.1) is 5.92 Å². The van der Waals surface area contributed by atoms with Gasteiger partial charge in [-0.1, -0.05) is 37.3 Å². The first-order valence-electron chi connectivity index (χ1n) is 8.79. The summed E-state index contributed by atoms with van der Waals surface area (Å²) in [5.41, 5.74) is 2.65. The number of hydrogen-bond acceptors (Lipinski definition) is 2. The third-order valence-corrected chi connectivity index (χ3v) is 6.15. The van der Waals surface area contributed by atoms with Crippen molar-refractivity contribution in [2.75, 3.05) is 20.6 Å². The van der Waals surface area contributed by atoms with Crippen LogP contribution >= 0.6 is 11.3 Å². The molecule has 0 unspecified atom stereocenters. The molecule has 0 fully saturated rings. The molecule has 4 heteroatoms. The molecule has 24 heavy (non-hydrogen) atoms. The van der Waals surface area contributed by atoms with Crippen LogP contribution in [-0.2, 0) is 12.8 Å². The number of hydrogen-bond donors (Lipinski definition) is 2. The third kappa shape index (κ3) is 3.87. The number of aryl methyl sites for hydroxylation is 1. The molecule has 2 N–H and O–H groups in total. The summed E-state index contributed by atoms with van der Waals surface area (Å²) in [5, 5.41) is 3.15. The van der Waals surface area contributed by atoms with Gasteiger partial charge >= 0.3 is 0 Å². The molecule has 2 aromatic rings. The van der Waals surface area contributed by atoms with E-state index in [0.717, 1.165) is 23.6 Å². The van der Waals surface area contributed by atoms with Gasteiger partial charge in [-0.25, -0.2) is 0 Å². The van der Waals surface area contributed by atoms with Gasteiger partial charge < -0.3 is 10.2 Å². The highest BCUT2D eigenvalue weighted by Crippen LogP contribution is 2.32. The average molecular weight is 344 g/mol. The number of thiophene rings is 1. The quantitative estimate of drug-likeness (QED) is 0.859. The standard InChI is InChI=1S/C20H26N2OS/c1-14-9-10-18-16(11-14)12-19(24-18)20(23)21-13-17(22(2)3)15-7-5-4-6-8-15/h4-8,12,14,17H,9-11,13H2,1-3H3,(H,21,23)/p+1/t14-,17+/m0/s1. The second-order valence-corrected chi connectivity index (χ2v) is 8.29. The Hall–Kier alpha value is -1.65. The van der Waals surface area contributed by atoms with Crippen LogP contribution in [0.15, 0.2) is 36.4 Å². The van der Waals surface area contributed by atoms with E-state index in [1.54, 1.807) is 11.3 Å². The molecule has 1 amide bonds. The SMILES string of the molecule is C[C@H]1CCc2sc(C(=O)NC[C@H](c3ccccc3)[NH+](C)C)cc2C1. The van der Waals surface area contributed by atoms with Crippen LogP contribution in [0.3, 0.4) is 0 Å². The monoisotopic (exact) mass is 343 g/mol. The van der Waals surface area contributed by atoms with E-state index in [1.807, 2.05) is 6.07 Å². The van der Waals surface area contributed by atoms with E-state index in [9.17, 15) is 4.79 Å². The van der Waals surface area contributed by atoms with Crippen LogP contribution in [0.5, 0.6) is 0 Å². The number of quaternary nitrogens is 1. The third-order valence-electron chi connectivity index (χ3n) is 4.92. The maximum absolute atomic E-state index is 12.6. The minimum atomic E-state index is 0.0734. The van der Waals surface area contributed by atoms with Gasteiger partial charge in [0.25, 0.3) is 5.91 Å². The smallest absolute Gasteiger partial charge is 0.261 e. The summed E-state index contributed by atoms with van der Waals surface area (Å²) in [5.74, 6) is 0.812. The maximum atomic E-state index is 12.6. The predicted molar refractivity (Wildman–Crippen MR) is 99.8 cm³/mol. The first kappa shape index (κ1) is 17.2. The second-order valence-electron chi connectivity index (χ2n) is 7.16. The zero-order valence-electron chi connectivity index (χ0n) is 14.8. The van der Waals surface area contributed by atoms with Crippen molar-refractivity contribution in [1.82, 2.24) is 5.32 Å². The molecular weight excluding hydrogens is 316 g/mol. The number of carbonyl (C=O) groups is 1. The molecule has 1 aromatic carbocycles. The number of carbonyl (C=O) groups excluding carboxylic acids is 1. The highest BCUT2D eigenvalue weighted by molar-refractivity contribution is 7.14. The summed E-state index contributed by atoms with van der Waals surface area (Å²) in [6.07, 6.45) is 3.49. The lowest BCUT2D eigenvalue weighted by Gasteiger charge is -2.22. The number of likely N-dealkylation sites (N-methyl/N-ethyl adjacent to an activating group) is 1. The lowest BCUT2D eigenvalue weighted by atomic mass is 9.90. The fraction of sp³-hybridized carbons (Fsp3) is 0.450. The van der Waals surface area contributed by atoms with Crippen LogP contribution in [-0.4, -0.2) is 26.5 Å². The Bertz CT molecular complexity index is 693. The molecule has 0 radical (unpaired) electrons. The van der Waals surface area contributed by atoms with Gasteiger partial charge in [0.1, 0.15) is 6.04 Å². The molecule has 1 heterocycles. The first-order chi connectivity index (χ1) is 11.5. The second kappa shape index (κ2) is 7.49. The molecule has 1 aromatic heterocycles. The number of nitrogens with one attached hydrogen (secondary N) is 2. The van der Waals surface area contributed by atoms with E-state index in [2.05, 4.69) is 56.7 Å². The molecule has 0 aliphatic heterocycles. The summed E-state index contributed by atoms with van der Waals surface area (Å²) in [4.78, 5) is 16.2. The Labute approximate surface area is 148 Å². The van der Waals surface area contributed by atoms with E-state index in [4.69, 9.17) is 0 Å². The van der Waals surface area contributed by atoms with E-state index in [0.29, 0.717) is 6.54 Å². The van der Waals surface area contributed by atoms with Crippen molar-refractivity contribution >= 4 is 17.2 Å². The number of rotatable bonds is 5. The van der Waals surface area contributed by atoms with Crippen molar-refractivity contribution in [3.05, 3.63) is 57.3 Å². The summed E-state index contributed by atoms with van der Waals surface area (Å²) < 4.78 is 0. The molecular formula is C20H27N2OS+. The summed E-state index contributed by atoms with van der Waals surface area (Å²) in [6, 6.07) is 12.8. The van der Waals surface area contributed by atoms with Gasteiger partial charge in [-0.3, -0.25) is 4.79 Å². The number of amides is 1. The van der Waals surface area contributed by atoms with E-state index < -0.39 is 0 Å². The molecule has 128 valence electrons. The van der Waals surface area contributed by atoms with E-state index in [-0.39, 0.29) is 11.9 Å². The topological polar surface area (TPSA) is 33.5 Å². The number of fused-ring (bicyclic) bond motifs is 1. The lowest BCUT2D eigenvalue weighted by Crippen LogP contribution is -3.07. The van der Waals surface area contributed by atoms with Crippen molar-refractivity contribution in [2.24, 2.45) is 5.92 Å². The van der Waals surface area contributed by atoms with Gasteiger partial charge in [0.05, 0.1) is 25.5 Å². The van der Waals surface area contributed by atoms with Gasteiger partial charge in [0.15, 0.2) is 0 Å². The van der Waals surface area contributed by atoms with E-state index in [1.165, 1.54) is 27.3 Å². The van der Waals surface area contributed by atoms with Crippen molar-refractivity contribution < 1.29 is 9.69 Å². The van der Waals surface area contributed by atoms with Crippen LogP contribution in [0.1, 0.15) is 45.1 Å². The zero-order valence-corrected chi connectivity index (χ0v) is 15.6. The fourth-order valence-corrected chi connectivity index (χ4v) is 4.57. The molecule has 0 saturated carbocycles. The average Bonchev–Trinajstić information content (AvgIpc) is 2.98. The first-order valence-corrected chi connectivity index (χ1v) is 9.61. The largest absolute Gasteiger partial charge is 0.345 e. The van der Waals surface area contributed by atoms with Crippen molar-refractivity contribution in [2.45, 2.75) is 32.2 Å². The number of benzene rings is 1. The Balaban J connectivity index is 1.66.